The number of methoxy groups -OCH3 is 1. The number of hydrogen-bond acceptors (Lipinski definition) is 7. The van der Waals surface area contributed by atoms with Crippen LogP contribution in [0.25, 0.3) is 0 Å². The van der Waals surface area contributed by atoms with Crippen LogP contribution in [-0.2, 0) is 20.9 Å². The molecule has 3 rings (SSSR count). The summed E-state index contributed by atoms with van der Waals surface area (Å²) in [4.78, 5) is 24.1. The fraction of sp³-hybridized carbons (Fsp3) is 0.364. The Kier molecular flexibility index (Phi) is 7.37. The van der Waals surface area contributed by atoms with Crippen molar-refractivity contribution in [2.45, 2.75) is 32.4 Å². The number of nitrogens with one attached hydrogen (secondary N) is 1. The van der Waals surface area contributed by atoms with E-state index in [-0.39, 0.29) is 19.1 Å². The maximum absolute atomic E-state index is 12.2. The van der Waals surface area contributed by atoms with Gasteiger partial charge in [0, 0.05) is 13.0 Å². The molecule has 1 atom stereocenters. The molecule has 1 N–H and O–H groups in total. The Morgan fingerprint density at radius 1 is 1.07 bits per heavy atom. The van der Waals surface area contributed by atoms with E-state index in [0.29, 0.717) is 36.8 Å². The summed E-state index contributed by atoms with van der Waals surface area (Å²) in [6, 6.07) is 12.6. The second-order valence-corrected chi connectivity index (χ2v) is 6.67. The van der Waals surface area contributed by atoms with Gasteiger partial charge in [-0.25, -0.2) is 0 Å². The highest BCUT2D eigenvalue weighted by atomic mass is 16.7. The molecule has 1 heterocycles. The fourth-order valence-corrected chi connectivity index (χ4v) is 2.77. The zero-order chi connectivity index (χ0) is 21.3. The maximum atomic E-state index is 12.2. The Labute approximate surface area is 175 Å². The van der Waals surface area contributed by atoms with Crippen LogP contribution in [-0.4, -0.2) is 38.5 Å². The summed E-state index contributed by atoms with van der Waals surface area (Å²) >= 11 is 0. The molecule has 0 aromatic heterocycles. The molecular weight excluding hydrogens is 390 g/mol. The number of fused-ring (bicyclic) bond motifs is 1. The Bertz CT molecular complexity index is 866. The van der Waals surface area contributed by atoms with Crippen molar-refractivity contribution in [1.29, 1.82) is 0 Å². The summed E-state index contributed by atoms with van der Waals surface area (Å²) in [5.74, 6) is 1.97. The van der Waals surface area contributed by atoms with Gasteiger partial charge in [-0.15, -0.1) is 0 Å². The van der Waals surface area contributed by atoms with Crippen molar-refractivity contribution in [3.8, 4) is 23.0 Å². The van der Waals surface area contributed by atoms with Crippen LogP contribution in [0, 0.1) is 0 Å². The van der Waals surface area contributed by atoms with E-state index in [9.17, 15) is 9.59 Å². The summed E-state index contributed by atoms with van der Waals surface area (Å²) in [6.07, 6.45) is -0.235. The Morgan fingerprint density at radius 3 is 2.57 bits per heavy atom. The second kappa shape index (κ2) is 10.4. The number of benzene rings is 2. The average Bonchev–Trinajstić information content (AvgIpc) is 3.23. The van der Waals surface area contributed by atoms with Crippen LogP contribution >= 0.6 is 0 Å². The van der Waals surface area contributed by atoms with E-state index in [2.05, 4.69) is 5.32 Å². The van der Waals surface area contributed by atoms with E-state index < -0.39 is 12.1 Å². The lowest BCUT2D eigenvalue weighted by Crippen LogP contribution is -2.35. The van der Waals surface area contributed by atoms with Crippen LogP contribution in [0.4, 0.5) is 0 Å². The first kappa shape index (κ1) is 21.3. The van der Waals surface area contributed by atoms with Crippen molar-refractivity contribution in [3.05, 3.63) is 48.0 Å². The molecule has 30 heavy (non-hydrogen) atoms. The van der Waals surface area contributed by atoms with Crippen LogP contribution in [0.15, 0.2) is 42.5 Å². The molecule has 0 saturated heterocycles. The first-order chi connectivity index (χ1) is 14.5. The molecule has 2 aromatic carbocycles. The molecule has 0 aliphatic carbocycles. The lowest BCUT2D eigenvalue weighted by molar-refractivity contribution is -0.155. The summed E-state index contributed by atoms with van der Waals surface area (Å²) in [7, 11) is 1.60. The van der Waals surface area contributed by atoms with E-state index in [0.717, 1.165) is 11.3 Å². The summed E-state index contributed by atoms with van der Waals surface area (Å²) in [6.45, 7) is 2.41. The third-order valence-electron chi connectivity index (χ3n) is 4.43. The van der Waals surface area contributed by atoms with E-state index in [4.69, 9.17) is 23.7 Å². The van der Waals surface area contributed by atoms with Gasteiger partial charge in [-0.05, 0) is 55.3 Å². The number of carbonyl (C=O) groups is 2. The highest BCUT2D eigenvalue weighted by Crippen LogP contribution is 2.32. The topological polar surface area (TPSA) is 92.3 Å². The van der Waals surface area contributed by atoms with E-state index in [1.165, 1.54) is 0 Å². The number of rotatable bonds is 10. The lowest BCUT2D eigenvalue weighted by Gasteiger charge is -2.14. The van der Waals surface area contributed by atoms with Crippen molar-refractivity contribution in [2.75, 3.05) is 20.5 Å². The zero-order valence-electron chi connectivity index (χ0n) is 17.0. The summed E-state index contributed by atoms with van der Waals surface area (Å²) in [5, 5.41) is 2.75. The van der Waals surface area contributed by atoms with Crippen molar-refractivity contribution in [1.82, 2.24) is 5.32 Å². The monoisotopic (exact) mass is 415 g/mol. The third-order valence-corrected chi connectivity index (χ3v) is 4.43. The van der Waals surface area contributed by atoms with Gasteiger partial charge in [0.2, 0.25) is 6.79 Å². The largest absolute Gasteiger partial charge is 0.497 e. The highest BCUT2D eigenvalue weighted by molar-refractivity contribution is 5.83. The molecule has 8 nitrogen and oxygen atoms in total. The van der Waals surface area contributed by atoms with Crippen molar-refractivity contribution >= 4 is 11.9 Å². The van der Waals surface area contributed by atoms with Crippen LogP contribution in [0.5, 0.6) is 23.0 Å². The number of hydrogen-bond donors (Lipinski definition) is 1. The SMILES string of the molecule is COc1ccc(OCCCC(=O)O[C@H](C)C(=O)NCc2ccc3c(c2)OCO3)cc1. The smallest absolute Gasteiger partial charge is 0.306 e. The van der Waals surface area contributed by atoms with Crippen molar-refractivity contribution in [2.24, 2.45) is 0 Å². The molecule has 0 unspecified atom stereocenters. The van der Waals surface area contributed by atoms with Crippen LogP contribution in [0.3, 0.4) is 0 Å². The van der Waals surface area contributed by atoms with Crippen LogP contribution in [0.2, 0.25) is 0 Å². The number of amides is 1. The third kappa shape index (κ3) is 6.04. The predicted molar refractivity (Wildman–Crippen MR) is 108 cm³/mol. The van der Waals surface area contributed by atoms with E-state index in [1.54, 1.807) is 44.4 Å². The molecule has 0 radical (unpaired) electrons. The van der Waals surface area contributed by atoms with Gasteiger partial charge in [-0.1, -0.05) is 6.07 Å². The number of carbonyl (C=O) groups excluding carboxylic acids is 2. The van der Waals surface area contributed by atoms with Gasteiger partial charge in [0.25, 0.3) is 5.91 Å². The minimum absolute atomic E-state index is 0.163. The molecule has 0 saturated carbocycles. The summed E-state index contributed by atoms with van der Waals surface area (Å²) in [5.41, 5.74) is 0.863. The number of esters is 1. The summed E-state index contributed by atoms with van der Waals surface area (Å²) < 4.78 is 26.4. The van der Waals surface area contributed by atoms with Gasteiger partial charge in [-0.2, -0.15) is 0 Å². The zero-order valence-corrected chi connectivity index (χ0v) is 17.0. The minimum Gasteiger partial charge on any atom is -0.497 e. The van der Waals surface area contributed by atoms with Gasteiger partial charge in [0.05, 0.1) is 13.7 Å². The Hall–Kier alpha value is -3.42. The number of ether oxygens (including phenoxy) is 5. The minimum atomic E-state index is -0.881. The van der Waals surface area contributed by atoms with Gasteiger partial charge in [0.1, 0.15) is 11.5 Å². The van der Waals surface area contributed by atoms with Crippen molar-refractivity contribution in [3.63, 3.8) is 0 Å². The molecular formula is C22H25NO7. The van der Waals surface area contributed by atoms with Gasteiger partial charge in [-0.3, -0.25) is 9.59 Å². The van der Waals surface area contributed by atoms with Crippen molar-refractivity contribution < 1.29 is 33.3 Å². The van der Waals surface area contributed by atoms with E-state index in [1.807, 2.05) is 12.1 Å². The first-order valence-electron chi connectivity index (χ1n) is 9.67. The highest BCUT2D eigenvalue weighted by Gasteiger charge is 2.18. The van der Waals surface area contributed by atoms with Gasteiger partial charge >= 0.3 is 5.97 Å². The first-order valence-corrected chi connectivity index (χ1v) is 9.67. The maximum Gasteiger partial charge on any atom is 0.306 e. The average molecular weight is 415 g/mol. The lowest BCUT2D eigenvalue weighted by atomic mass is 10.2. The molecule has 1 amide bonds. The molecule has 0 bridgehead atoms. The Morgan fingerprint density at radius 2 is 1.80 bits per heavy atom. The van der Waals surface area contributed by atoms with Crippen LogP contribution < -0.4 is 24.3 Å². The van der Waals surface area contributed by atoms with Crippen LogP contribution in [0.1, 0.15) is 25.3 Å². The molecule has 0 fully saturated rings. The standard InChI is InChI=1S/C22H25NO7/c1-15(22(25)23-13-16-5-10-19-20(12-16)29-14-28-19)30-21(24)4-3-11-27-18-8-6-17(26-2)7-9-18/h5-10,12,15H,3-4,11,13-14H2,1-2H3,(H,23,25)/t15-/m1/s1. The fourth-order valence-electron chi connectivity index (χ4n) is 2.77. The second-order valence-electron chi connectivity index (χ2n) is 6.67. The molecule has 1 aliphatic heterocycles. The molecule has 1 aliphatic rings. The molecule has 2 aromatic rings. The van der Waals surface area contributed by atoms with Gasteiger partial charge in [0.15, 0.2) is 17.6 Å². The quantitative estimate of drug-likeness (QED) is 0.471. The molecule has 8 heteroatoms. The Balaban J connectivity index is 1.32. The molecule has 0 spiro atoms. The predicted octanol–water partition coefficient (Wildman–Crippen LogP) is 2.83. The van der Waals surface area contributed by atoms with E-state index >= 15 is 0 Å². The normalized spacial score (nSPS) is 12.7. The molecule has 160 valence electrons. The van der Waals surface area contributed by atoms with Gasteiger partial charge < -0.3 is 29.0 Å².